The molecule has 0 unspecified atom stereocenters. The minimum atomic E-state index is -0.550. The number of rotatable bonds is 6. The standard InChI is InChI=1S/C18H15N5O4/c1-19-16-6-5-13(23(25)26)10-15(16)18(24)22-12-3-2-4-14(9-12)27-17-11-20-7-8-21-17/h2-11,19H,1H3,(H,22,24). The van der Waals surface area contributed by atoms with Crippen molar-refractivity contribution in [1.29, 1.82) is 0 Å². The Morgan fingerprint density at radius 3 is 2.74 bits per heavy atom. The van der Waals surface area contributed by atoms with Gasteiger partial charge in [0.2, 0.25) is 5.88 Å². The van der Waals surface area contributed by atoms with E-state index in [1.807, 2.05) is 0 Å². The van der Waals surface area contributed by atoms with E-state index in [1.165, 1.54) is 36.8 Å². The maximum absolute atomic E-state index is 12.6. The average molecular weight is 365 g/mol. The van der Waals surface area contributed by atoms with E-state index in [0.29, 0.717) is 23.0 Å². The lowest BCUT2D eigenvalue weighted by molar-refractivity contribution is -0.384. The molecule has 136 valence electrons. The molecule has 0 saturated carbocycles. The molecule has 0 fully saturated rings. The van der Waals surface area contributed by atoms with Gasteiger partial charge in [-0.25, -0.2) is 4.98 Å². The Hall–Kier alpha value is -4.01. The maximum atomic E-state index is 12.6. The van der Waals surface area contributed by atoms with E-state index in [4.69, 9.17) is 4.74 Å². The molecule has 0 aliphatic carbocycles. The van der Waals surface area contributed by atoms with Crippen LogP contribution < -0.4 is 15.4 Å². The van der Waals surface area contributed by atoms with E-state index in [2.05, 4.69) is 20.6 Å². The van der Waals surface area contributed by atoms with Gasteiger partial charge in [0, 0.05) is 49.0 Å². The lowest BCUT2D eigenvalue weighted by atomic mass is 10.1. The first-order valence-corrected chi connectivity index (χ1v) is 7.88. The van der Waals surface area contributed by atoms with E-state index in [-0.39, 0.29) is 11.3 Å². The highest BCUT2D eigenvalue weighted by Crippen LogP contribution is 2.25. The maximum Gasteiger partial charge on any atom is 0.270 e. The number of hydrogen-bond donors (Lipinski definition) is 2. The van der Waals surface area contributed by atoms with Crippen LogP contribution in [0.1, 0.15) is 10.4 Å². The molecule has 1 amide bonds. The van der Waals surface area contributed by atoms with Gasteiger partial charge in [0.25, 0.3) is 11.6 Å². The van der Waals surface area contributed by atoms with E-state index in [0.717, 1.165) is 0 Å². The Bertz CT molecular complexity index is 978. The van der Waals surface area contributed by atoms with E-state index >= 15 is 0 Å². The summed E-state index contributed by atoms with van der Waals surface area (Å²) < 4.78 is 5.58. The summed E-state index contributed by atoms with van der Waals surface area (Å²) in [6, 6.07) is 10.7. The highest BCUT2D eigenvalue weighted by atomic mass is 16.6. The number of ether oxygens (including phenoxy) is 1. The van der Waals surface area contributed by atoms with Crippen molar-refractivity contribution >= 4 is 23.0 Å². The summed E-state index contributed by atoms with van der Waals surface area (Å²) in [5, 5.41) is 16.5. The van der Waals surface area contributed by atoms with Crippen LogP contribution in [0.3, 0.4) is 0 Å². The zero-order chi connectivity index (χ0) is 19.2. The van der Waals surface area contributed by atoms with Gasteiger partial charge < -0.3 is 15.4 Å². The molecule has 0 spiro atoms. The van der Waals surface area contributed by atoms with E-state index in [1.54, 1.807) is 31.3 Å². The second kappa shape index (κ2) is 7.91. The lowest BCUT2D eigenvalue weighted by Gasteiger charge is -2.11. The van der Waals surface area contributed by atoms with Crippen LogP contribution in [-0.4, -0.2) is 27.8 Å². The van der Waals surface area contributed by atoms with Crippen molar-refractivity contribution in [3.8, 4) is 11.6 Å². The Balaban J connectivity index is 1.81. The SMILES string of the molecule is CNc1ccc([N+](=O)[O-])cc1C(=O)Nc1cccc(Oc2cnccn2)c1. The van der Waals surface area contributed by atoms with Crippen molar-refractivity contribution in [2.45, 2.75) is 0 Å². The van der Waals surface area contributed by atoms with E-state index in [9.17, 15) is 14.9 Å². The molecule has 3 rings (SSSR count). The number of carbonyl (C=O) groups excluding carboxylic acids is 1. The number of hydrogen-bond acceptors (Lipinski definition) is 7. The van der Waals surface area contributed by atoms with Crippen molar-refractivity contribution in [1.82, 2.24) is 9.97 Å². The third-order valence-electron chi connectivity index (χ3n) is 3.58. The number of aromatic nitrogens is 2. The van der Waals surface area contributed by atoms with Gasteiger partial charge in [-0.3, -0.25) is 19.9 Å². The Morgan fingerprint density at radius 2 is 2.04 bits per heavy atom. The normalized spacial score (nSPS) is 10.1. The third-order valence-corrected chi connectivity index (χ3v) is 3.58. The largest absolute Gasteiger partial charge is 0.437 e. The van der Waals surface area contributed by atoms with Crippen LogP contribution in [0, 0.1) is 10.1 Å². The van der Waals surface area contributed by atoms with Gasteiger partial charge in [0.1, 0.15) is 5.75 Å². The van der Waals surface area contributed by atoms with Crippen molar-refractivity contribution in [2.24, 2.45) is 0 Å². The van der Waals surface area contributed by atoms with Gasteiger partial charge in [0.05, 0.1) is 16.7 Å². The summed E-state index contributed by atoms with van der Waals surface area (Å²) in [6.45, 7) is 0. The first kappa shape index (κ1) is 17.8. The molecule has 0 radical (unpaired) electrons. The average Bonchev–Trinajstić information content (AvgIpc) is 2.68. The molecule has 2 aromatic carbocycles. The fraction of sp³-hybridized carbons (Fsp3) is 0.0556. The number of benzene rings is 2. The highest BCUT2D eigenvalue weighted by Gasteiger charge is 2.16. The number of nitro benzene ring substituents is 1. The number of amides is 1. The molecule has 9 heteroatoms. The van der Waals surface area contributed by atoms with Crippen LogP contribution in [0.25, 0.3) is 0 Å². The molecule has 0 bridgehead atoms. The number of carbonyl (C=O) groups is 1. The number of nitrogens with zero attached hydrogens (tertiary/aromatic N) is 3. The van der Waals surface area contributed by atoms with Gasteiger partial charge in [0.15, 0.2) is 0 Å². The lowest BCUT2D eigenvalue weighted by Crippen LogP contribution is -2.14. The topological polar surface area (TPSA) is 119 Å². The van der Waals surface area contributed by atoms with Crippen molar-refractivity contribution in [3.05, 3.63) is 76.7 Å². The molecule has 3 aromatic rings. The molecule has 27 heavy (non-hydrogen) atoms. The van der Waals surface area contributed by atoms with Crippen LogP contribution in [0.4, 0.5) is 17.1 Å². The number of nitrogens with one attached hydrogen (secondary N) is 2. The number of nitro groups is 1. The molecule has 1 aromatic heterocycles. The monoisotopic (exact) mass is 365 g/mol. The summed E-state index contributed by atoms with van der Waals surface area (Å²) in [6.07, 6.45) is 4.50. The highest BCUT2D eigenvalue weighted by molar-refractivity contribution is 6.08. The first-order chi connectivity index (χ1) is 13.1. The molecule has 0 saturated heterocycles. The quantitative estimate of drug-likeness (QED) is 0.507. The zero-order valence-electron chi connectivity index (χ0n) is 14.2. The fourth-order valence-corrected chi connectivity index (χ4v) is 2.35. The molecular formula is C18H15N5O4. The van der Waals surface area contributed by atoms with Crippen molar-refractivity contribution < 1.29 is 14.5 Å². The van der Waals surface area contributed by atoms with Crippen LogP contribution in [-0.2, 0) is 0 Å². The van der Waals surface area contributed by atoms with Crippen LogP contribution >= 0.6 is 0 Å². The Labute approximate surface area is 154 Å². The second-order valence-corrected chi connectivity index (χ2v) is 5.36. The molecule has 1 heterocycles. The van der Waals surface area contributed by atoms with Gasteiger partial charge in [-0.05, 0) is 18.2 Å². The number of non-ortho nitro benzene ring substituents is 1. The zero-order valence-corrected chi connectivity index (χ0v) is 14.2. The summed E-state index contributed by atoms with van der Waals surface area (Å²) >= 11 is 0. The minimum absolute atomic E-state index is 0.159. The molecule has 0 aliphatic heterocycles. The van der Waals surface area contributed by atoms with Crippen LogP contribution in [0.15, 0.2) is 61.1 Å². The third kappa shape index (κ3) is 4.34. The summed E-state index contributed by atoms with van der Waals surface area (Å²) in [7, 11) is 1.63. The summed E-state index contributed by atoms with van der Waals surface area (Å²) in [5.41, 5.74) is 0.936. The van der Waals surface area contributed by atoms with Gasteiger partial charge >= 0.3 is 0 Å². The summed E-state index contributed by atoms with van der Waals surface area (Å²) in [4.78, 5) is 31.0. The van der Waals surface area contributed by atoms with Gasteiger partial charge in [-0.15, -0.1) is 0 Å². The minimum Gasteiger partial charge on any atom is -0.437 e. The predicted molar refractivity (Wildman–Crippen MR) is 99.1 cm³/mol. The van der Waals surface area contributed by atoms with Crippen LogP contribution in [0.5, 0.6) is 11.6 Å². The molecular weight excluding hydrogens is 350 g/mol. The Kier molecular flexibility index (Phi) is 5.22. The second-order valence-electron chi connectivity index (χ2n) is 5.36. The van der Waals surface area contributed by atoms with Crippen molar-refractivity contribution in [2.75, 3.05) is 17.7 Å². The predicted octanol–water partition coefficient (Wildman–Crippen LogP) is 3.47. The van der Waals surface area contributed by atoms with Gasteiger partial charge in [-0.1, -0.05) is 6.07 Å². The van der Waals surface area contributed by atoms with Gasteiger partial charge in [-0.2, -0.15) is 0 Å². The molecule has 0 atom stereocenters. The number of anilines is 2. The smallest absolute Gasteiger partial charge is 0.270 e. The summed E-state index contributed by atoms with van der Waals surface area (Å²) in [5.74, 6) is 0.290. The Morgan fingerprint density at radius 1 is 1.19 bits per heavy atom. The fourth-order valence-electron chi connectivity index (χ4n) is 2.35. The molecule has 2 N–H and O–H groups in total. The van der Waals surface area contributed by atoms with Crippen molar-refractivity contribution in [3.63, 3.8) is 0 Å². The molecule has 9 nitrogen and oxygen atoms in total. The first-order valence-electron chi connectivity index (χ1n) is 7.88. The molecule has 0 aliphatic rings. The van der Waals surface area contributed by atoms with E-state index < -0.39 is 10.8 Å². The van der Waals surface area contributed by atoms with Crippen LogP contribution in [0.2, 0.25) is 0 Å².